The minimum absolute atomic E-state index is 0. The highest BCUT2D eigenvalue weighted by atomic mass is 35.5. The molecule has 150 valence electrons. The van der Waals surface area contributed by atoms with Gasteiger partial charge in [0.2, 0.25) is 0 Å². The monoisotopic (exact) mass is 407 g/mol. The SMILES string of the molecule is Cl.O=C(c1n[nH]c2c1CNCC2)N1CCC(Oc2ccc([N+](=O)[O-])cc2)CC1. The van der Waals surface area contributed by atoms with Crippen molar-refractivity contribution in [2.75, 3.05) is 19.6 Å². The number of benzene rings is 1. The van der Waals surface area contributed by atoms with E-state index >= 15 is 0 Å². The highest BCUT2D eigenvalue weighted by Crippen LogP contribution is 2.23. The van der Waals surface area contributed by atoms with Gasteiger partial charge in [-0.05, 0) is 12.1 Å². The lowest BCUT2D eigenvalue weighted by atomic mass is 10.0. The number of piperidine rings is 1. The zero-order valence-electron chi connectivity index (χ0n) is 15.2. The van der Waals surface area contributed by atoms with Gasteiger partial charge in [-0.15, -0.1) is 12.4 Å². The van der Waals surface area contributed by atoms with Gasteiger partial charge in [-0.2, -0.15) is 5.10 Å². The maximum Gasteiger partial charge on any atom is 0.274 e. The standard InChI is InChI=1S/C18H21N5O4.ClH/c24-18(17-15-11-19-8-5-16(15)20-21-17)22-9-6-14(7-10-22)27-13-3-1-12(2-4-13)23(25)26;/h1-4,14,19H,5-11H2,(H,20,21);1H. The van der Waals surface area contributed by atoms with Crippen LogP contribution in [-0.2, 0) is 13.0 Å². The predicted octanol–water partition coefficient (Wildman–Crippen LogP) is 2.07. The lowest BCUT2D eigenvalue weighted by Crippen LogP contribution is -2.42. The summed E-state index contributed by atoms with van der Waals surface area (Å²) in [6, 6.07) is 6.09. The molecule has 2 aromatic rings. The number of nitrogens with zero attached hydrogens (tertiary/aromatic N) is 3. The zero-order chi connectivity index (χ0) is 18.8. The van der Waals surface area contributed by atoms with Crippen LogP contribution >= 0.6 is 12.4 Å². The summed E-state index contributed by atoms with van der Waals surface area (Å²) in [5, 5.41) is 21.2. The number of likely N-dealkylation sites (tertiary alicyclic amines) is 1. The van der Waals surface area contributed by atoms with E-state index in [-0.39, 0.29) is 30.1 Å². The summed E-state index contributed by atoms with van der Waals surface area (Å²) in [4.78, 5) is 24.9. The van der Waals surface area contributed by atoms with Crippen molar-refractivity contribution in [3.05, 3.63) is 51.3 Å². The Balaban J connectivity index is 0.00000225. The highest BCUT2D eigenvalue weighted by Gasteiger charge is 2.29. The van der Waals surface area contributed by atoms with Gasteiger partial charge in [-0.25, -0.2) is 0 Å². The Hall–Kier alpha value is -2.65. The number of carbonyl (C=O) groups excluding carboxylic acids is 1. The maximum atomic E-state index is 12.8. The molecule has 1 aromatic heterocycles. The van der Waals surface area contributed by atoms with Crippen LogP contribution in [0.3, 0.4) is 0 Å². The minimum atomic E-state index is -0.433. The van der Waals surface area contributed by atoms with Crippen molar-refractivity contribution in [3.8, 4) is 5.75 Å². The normalized spacial score (nSPS) is 16.8. The Bertz CT molecular complexity index is 846. The van der Waals surface area contributed by atoms with Crippen molar-refractivity contribution in [2.24, 2.45) is 0 Å². The molecule has 2 N–H and O–H groups in total. The summed E-state index contributed by atoms with van der Waals surface area (Å²) < 4.78 is 5.91. The molecule has 0 spiro atoms. The third-order valence-corrected chi connectivity index (χ3v) is 5.09. The maximum absolute atomic E-state index is 12.8. The summed E-state index contributed by atoms with van der Waals surface area (Å²) in [6.45, 7) is 2.78. The van der Waals surface area contributed by atoms with Crippen molar-refractivity contribution >= 4 is 24.0 Å². The smallest absolute Gasteiger partial charge is 0.274 e. The number of aromatic nitrogens is 2. The van der Waals surface area contributed by atoms with Crippen molar-refractivity contribution in [1.29, 1.82) is 0 Å². The molecule has 1 aromatic carbocycles. The molecule has 3 heterocycles. The van der Waals surface area contributed by atoms with Crippen LogP contribution in [0.2, 0.25) is 0 Å². The molecule has 1 amide bonds. The second-order valence-corrected chi connectivity index (χ2v) is 6.82. The lowest BCUT2D eigenvalue weighted by Gasteiger charge is -2.32. The van der Waals surface area contributed by atoms with Crippen LogP contribution in [0.4, 0.5) is 5.69 Å². The number of fused-ring (bicyclic) bond motifs is 1. The van der Waals surface area contributed by atoms with Gasteiger partial charge in [-0.1, -0.05) is 0 Å². The number of nitrogens with one attached hydrogen (secondary N) is 2. The average molecular weight is 408 g/mol. The summed E-state index contributed by atoms with van der Waals surface area (Å²) in [6.07, 6.45) is 2.28. The summed E-state index contributed by atoms with van der Waals surface area (Å²) in [7, 11) is 0. The van der Waals surface area contributed by atoms with E-state index in [4.69, 9.17) is 4.74 Å². The number of ether oxygens (including phenoxy) is 1. The quantitative estimate of drug-likeness (QED) is 0.592. The predicted molar refractivity (Wildman–Crippen MR) is 104 cm³/mol. The number of nitro benzene ring substituents is 1. The molecule has 0 unspecified atom stereocenters. The number of aromatic amines is 1. The Labute approximate surface area is 168 Å². The summed E-state index contributed by atoms with van der Waals surface area (Å²) in [5.41, 5.74) is 2.59. The van der Waals surface area contributed by atoms with Gasteiger partial charge in [-0.3, -0.25) is 20.0 Å². The first-order chi connectivity index (χ1) is 13.1. The molecule has 0 saturated carbocycles. The summed E-state index contributed by atoms with van der Waals surface area (Å²) >= 11 is 0. The molecular weight excluding hydrogens is 386 g/mol. The third kappa shape index (κ3) is 4.10. The van der Waals surface area contributed by atoms with E-state index in [1.807, 2.05) is 4.90 Å². The topological polar surface area (TPSA) is 113 Å². The molecule has 0 atom stereocenters. The van der Waals surface area contributed by atoms with Crippen molar-refractivity contribution in [1.82, 2.24) is 20.4 Å². The average Bonchev–Trinajstić information content (AvgIpc) is 3.12. The Morgan fingerprint density at radius 1 is 1.25 bits per heavy atom. The lowest BCUT2D eigenvalue weighted by molar-refractivity contribution is -0.384. The van der Waals surface area contributed by atoms with Crippen LogP contribution in [0.25, 0.3) is 0 Å². The fourth-order valence-electron chi connectivity index (χ4n) is 3.57. The second-order valence-electron chi connectivity index (χ2n) is 6.82. The van der Waals surface area contributed by atoms with Gasteiger partial charge in [0.25, 0.3) is 11.6 Å². The van der Waals surface area contributed by atoms with Crippen molar-refractivity contribution < 1.29 is 14.5 Å². The largest absolute Gasteiger partial charge is 0.490 e. The van der Waals surface area contributed by atoms with Crippen LogP contribution in [-0.4, -0.2) is 51.7 Å². The van der Waals surface area contributed by atoms with Gasteiger partial charge in [0.15, 0.2) is 5.69 Å². The summed E-state index contributed by atoms with van der Waals surface area (Å²) in [5.74, 6) is 0.572. The van der Waals surface area contributed by atoms with E-state index in [2.05, 4.69) is 15.5 Å². The number of carbonyl (C=O) groups is 1. The Kier molecular flexibility index (Phi) is 6.15. The number of non-ortho nitro benzene ring substituents is 1. The first-order valence-corrected chi connectivity index (χ1v) is 9.09. The van der Waals surface area contributed by atoms with Crippen LogP contribution in [0.1, 0.15) is 34.6 Å². The molecule has 0 bridgehead atoms. The zero-order valence-corrected chi connectivity index (χ0v) is 16.0. The van der Waals surface area contributed by atoms with E-state index in [1.165, 1.54) is 12.1 Å². The van der Waals surface area contributed by atoms with E-state index < -0.39 is 4.92 Å². The molecule has 0 radical (unpaired) electrons. The van der Waals surface area contributed by atoms with Crippen LogP contribution < -0.4 is 10.1 Å². The molecular formula is C18H22ClN5O4. The third-order valence-electron chi connectivity index (χ3n) is 5.09. The van der Waals surface area contributed by atoms with E-state index in [1.54, 1.807) is 12.1 Å². The first-order valence-electron chi connectivity index (χ1n) is 9.09. The second kappa shape index (κ2) is 8.57. The van der Waals surface area contributed by atoms with Gasteiger partial charge >= 0.3 is 0 Å². The number of amides is 1. The van der Waals surface area contributed by atoms with Crippen LogP contribution in [0.5, 0.6) is 5.75 Å². The Morgan fingerprint density at radius 3 is 2.64 bits per heavy atom. The number of rotatable bonds is 4. The van der Waals surface area contributed by atoms with Gasteiger partial charge in [0.05, 0.1) is 4.92 Å². The first kappa shape index (κ1) is 20.1. The van der Waals surface area contributed by atoms with E-state index in [0.717, 1.165) is 24.2 Å². The molecule has 28 heavy (non-hydrogen) atoms. The van der Waals surface area contributed by atoms with Crippen LogP contribution in [0.15, 0.2) is 24.3 Å². The van der Waals surface area contributed by atoms with Gasteiger partial charge < -0.3 is 15.0 Å². The molecule has 2 aliphatic heterocycles. The number of hydrogen-bond acceptors (Lipinski definition) is 6. The van der Waals surface area contributed by atoms with Gasteiger partial charge in [0.1, 0.15) is 11.9 Å². The molecule has 9 nitrogen and oxygen atoms in total. The molecule has 1 saturated heterocycles. The molecule has 4 rings (SSSR count). The highest BCUT2D eigenvalue weighted by molar-refractivity contribution is 5.94. The fourth-order valence-corrected chi connectivity index (χ4v) is 3.57. The molecule has 1 fully saturated rings. The molecule has 10 heteroatoms. The van der Waals surface area contributed by atoms with Crippen molar-refractivity contribution in [2.45, 2.75) is 31.9 Å². The van der Waals surface area contributed by atoms with E-state index in [0.29, 0.717) is 43.9 Å². The minimum Gasteiger partial charge on any atom is -0.490 e. The molecule has 0 aliphatic carbocycles. The Morgan fingerprint density at radius 2 is 1.96 bits per heavy atom. The van der Waals surface area contributed by atoms with E-state index in [9.17, 15) is 14.9 Å². The fraction of sp³-hybridized carbons (Fsp3) is 0.444. The molecule has 2 aliphatic rings. The number of nitro groups is 1. The number of halogens is 1. The van der Waals surface area contributed by atoms with Crippen molar-refractivity contribution in [3.63, 3.8) is 0 Å². The van der Waals surface area contributed by atoms with Gasteiger partial charge in [0, 0.05) is 68.8 Å². The van der Waals surface area contributed by atoms with Crippen LogP contribution in [0, 0.1) is 10.1 Å². The number of hydrogen-bond donors (Lipinski definition) is 2. The number of H-pyrrole nitrogens is 1.